The maximum absolute atomic E-state index is 11.3. The van der Waals surface area contributed by atoms with Crippen LogP contribution in [0, 0.1) is 0 Å². The van der Waals surface area contributed by atoms with Gasteiger partial charge < -0.3 is 5.11 Å². The molecule has 17 heavy (non-hydrogen) atoms. The van der Waals surface area contributed by atoms with Gasteiger partial charge in [-0.3, -0.25) is 4.48 Å². The first kappa shape index (κ1) is 11.5. The van der Waals surface area contributed by atoms with Crippen LogP contribution in [0.4, 0.5) is 5.82 Å². The predicted octanol–water partition coefficient (Wildman–Crippen LogP) is 2.13. The van der Waals surface area contributed by atoms with Crippen molar-refractivity contribution in [2.75, 3.05) is 21.1 Å². The highest BCUT2D eigenvalue weighted by Gasteiger charge is 2.19. The summed E-state index contributed by atoms with van der Waals surface area (Å²) in [5, 5.41) is 9.92. The summed E-state index contributed by atoms with van der Waals surface area (Å²) in [7, 11) is 5.88. The van der Waals surface area contributed by atoms with E-state index in [0.29, 0.717) is 15.4 Å². The zero-order valence-corrected chi connectivity index (χ0v) is 10.1. The molecule has 0 aliphatic carbocycles. The maximum atomic E-state index is 11.3. The van der Waals surface area contributed by atoms with Crippen LogP contribution in [0.2, 0.25) is 0 Å². The van der Waals surface area contributed by atoms with Gasteiger partial charge in [-0.15, -0.1) is 0 Å². The third-order valence-electron chi connectivity index (χ3n) is 2.62. The summed E-state index contributed by atoms with van der Waals surface area (Å²) in [5.41, 5.74) is 1.02. The normalized spacial score (nSPS) is 11.7. The quantitative estimate of drug-likeness (QED) is 0.805. The fraction of sp³-hybridized carbons (Fsp3) is 0.231. The Morgan fingerprint density at radius 1 is 1.24 bits per heavy atom. The number of rotatable bonds is 2. The molecule has 1 aromatic carbocycles. The Kier molecular flexibility index (Phi) is 2.59. The molecule has 88 valence electrons. The number of pyridine rings is 1. The van der Waals surface area contributed by atoms with Gasteiger partial charge in [-0.05, 0) is 6.07 Å². The van der Waals surface area contributed by atoms with E-state index >= 15 is 0 Å². The van der Waals surface area contributed by atoms with E-state index in [4.69, 9.17) is 0 Å². The first-order valence-corrected chi connectivity index (χ1v) is 5.34. The molecule has 0 saturated heterocycles. The molecule has 0 fully saturated rings. The highest BCUT2D eigenvalue weighted by Crippen LogP contribution is 2.24. The number of nitrogens with zero attached hydrogens (tertiary/aromatic N) is 2. The third-order valence-corrected chi connectivity index (χ3v) is 2.62. The van der Waals surface area contributed by atoms with Crippen LogP contribution in [-0.2, 0) is 0 Å². The van der Waals surface area contributed by atoms with Crippen molar-refractivity contribution in [1.29, 1.82) is 0 Å². The first-order valence-electron chi connectivity index (χ1n) is 5.34. The van der Waals surface area contributed by atoms with Crippen LogP contribution in [0.1, 0.15) is 10.4 Å². The van der Waals surface area contributed by atoms with Crippen LogP contribution >= 0.6 is 0 Å². The summed E-state index contributed by atoms with van der Waals surface area (Å²) < 4.78 is 0.491. The number of carbonyl (C=O) groups is 1. The zero-order valence-electron chi connectivity index (χ0n) is 10.1. The molecule has 2 rings (SSSR count). The second kappa shape index (κ2) is 3.82. The molecule has 0 amide bonds. The third kappa shape index (κ3) is 2.12. The van der Waals surface area contributed by atoms with E-state index in [-0.39, 0.29) is 0 Å². The van der Waals surface area contributed by atoms with Gasteiger partial charge in [0.25, 0.3) is 0 Å². The van der Waals surface area contributed by atoms with E-state index in [0.717, 1.165) is 11.3 Å². The summed E-state index contributed by atoms with van der Waals surface area (Å²) in [6.45, 7) is 0. The van der Waals surface area contributed by atoms with Crippen LogP contribution < -0.4 is 4.48 Å². The van der Waals surface area contributed by atoms with Gasteiger partial charge in [0.1, 0.15) is 0 Å². The lowest BCUT2D eigenvalue weighted by Gasteiger charge is -2.22. The molecule has 0 saturated carbocycles. The second-order valence-corrected chi connectivity index (χ2v) is 4.86. The van der Waals surface area contributed by atoms with Crippen molar-refractivity contribution in [2.45, 2.75) is 0 Å². The van der Waals surface area contributed by atoms with E-state index in [9.17, 15) is 9.90 Å². The Balaban J connectivity index is 2.81. The molecule has 0 spiro atoms. The molecular weight excluding hydrogens is 216 g/mol. The lowest BCUT2D eigenvalue weighted by Crippen LogP contribution is -2.35. The van der Waals surface area contributed by atoms with Crippen LogP contribution in [0.5, 0.6) is 0 Å². The summed E-state index contributed by atoms with van der Waals surface area (Å²) in [5.74, 6) is -0.181. The molecule has 0 aliphatic rings. The van der Waals surface area contributed by atoms with E-state index < -0.39 is 5.97 Å². The predicted molar refractivity (Wildman–Crippen MR) is 68.3 cm³/mol. The Morgan fingerprint density at radius 2 is 1.88 bits per heavy atom. The highest BCUT2D eigenvalue weighted by molar-refractivity contribution is 6.03. The minimum Gasteiger partial charge on any atom is -0.478 e. The average molecular weight is 231 g/mol. The standard InChI is InChI=1S/C13H14N2O2/c1-15(2,3)12-8-10(13(16)17)9-6-4-5-7-11(9)14-12/h4-8H,1-3H3/p+1. The average Bonchev–Trinajstić information content (AvgIpc) is 2.26. The van der Waals surface area contributed by atoms with Crippen molar-refractivity contribution < 1.29 is 9.90 Å². The topological polar surface area (TPSA) is 50.2 Å². The molecule has 1 N–H and O–H groups in total. The van der Waals surface area contributed by atoms with Gasteiger partial charge in [-0.2, -0.15) is 4.98 Å². The summed E-state index contributed by atoms with van der Waals surface area (Å²) in [4.78, 5) is 15.8. The Bertz CT molecular complexity index is 585. The Labute approximate surface area is 99.7 Å². The van der Waals surface area contributed by atoms with E-state index in [1.807, 2.05) is 39.3 Å². The molecule has 1 aromatic heterocycles. The van der Waals surface area contributed by atoms with E-state index in [1.54, 1.807) is 12.1 Å². The number of fused-ring (bicyclic) bond motifs is 1. The monoisotopic (exact) mass is 231 g/mol. The Hall–Kier alpha value is -1.94. The van der Waals surface area contributed by atoms with Crippen LogP contribution in [0.15, 0.2) is 30.3 Å². The van der Waals surface area contributed by atoms with Crippen LogP contribution in [0.25, 0.3) is 10.9 Å². The summed E-state index contributed by atoms with van der Waals surface area (Å²) in [6, 6.07) is 8.94. The number of quaternary nitrogens is 1. The van der Waals surface area contributed by atoms with Crippen molar-refractivity contribution in [1.82, 2.24) is 9.47 Å². The first-order chi connectivity index (χ1) is 7.89. The number of carboxylic acids is 1. The van der Waals surface area contributed by atoms with Crippen molar-refractivity contribution in [2.24, 2.45) is 0 Å². The molecule has 4 heteroatoms. The number of benzene rings is 1. The van der Waals surface area contributed by atoms with Gasteiger partial charge in [0.05, 0.1) is 32.2 Å². The number of carboxylic acid groups (broad SMARTS) is 1. The smallest absolute Gasteiger partial charge is 0.336 e. The van der Waals surface area contributed by atoms with Crippen LogP contribution in [-0.4, -0.2) is 37.2 Å². The largest absolute Gasteiger partial charge is 0.478 e. The molecule has 1 heterocycles. The highest BCUT2D eigenvalue weighted by atomic mass is 16.4. The molecule has 0 radical (unpaired) electrons. The molecule has 0 unspecified atom stereocenters. The maximum Gasteiger partial charge on any atom is 0.336 e. The van der Waals surface area contributed by atoms with Gasteiger partial charge in [0.15, 0.2) is 0 Å². The number of hydrogen-bond acceptors (Lipinski definition) is 2. The number of para-hydroxylation sites is 1. The molecule has 4 nitrogen and oxygen atoms in total. The Morgan fingerprint density at radius 3 is 2.47 bits per heavy atom. The van der Waals surface area contributed by atoms with Crippen molar-refractivity contribution in [3.8, 4) is 0 Å². The van der Waals surface area contributed by atoms with Gasteiger partial charge in [0, 0.05) is 11.5 Å². The molecule has 0 atom stereocenters. The number of hydrogen-bond donors (Lipinski definition) is 1. The van der Waals surface area contributed by atoms with Gasteiger partial charge in [0.2, 0.25) is 5.82 Å². The fourth-order valence-electron chi connectivity index (χ4n) is 1.68. The zero-order chi connectivity index (χ0) is 12.6. The number of aromatic nitrogens is 1. The lowest BCUT2D eigenvalue weighted by molar-refractivity contribution is 0.0699. The van der Waals surface area contributed by atoms with Gasteiger partial charge in [-0.1, -0.05) is 18.2 Å². The SMILES string of the molecule is C[N+](C)(C)c1cc(C(=O)O)c2ccccc2n1. The second-order valence-electron chi connectivity index (χ2n) is 4.86. The van der Waals surface area contributed by atoms with E-state index in [2.05, 4.69) is 4.98 Å². The van der Waals surface area contributed by atoms with Gasteiger partial charge in [-0.25, -0.2) is 4.79 Å². The molecule has 2 aromatic rings. The van der Waals surface area contributed by atoms with Crippen molar-refractivity contribution in [3.05, 3.63) is 35.9 Å². The van der Waals surface area contributed by atoms with E-state index in [1.165, 1.54) is 0 Å². The number of aromatic carboxylic acids is 1. The minimum absolute atomic E-state index is 0.304. The van der Waals surface area contributed by atoms with Crippen molar-refractivity contribution >= 4 is 22.7 Å². The lowest BCUT2D eigenvalue weighted by atomic mass is 10.1. The molecule has 0 bridgehead atoms. The van der Waals surface area contributed by atoms with Crippen molar-refractivity contribution in [3.63, 3.8) is 0 Å². The molecule has 0 aliphatic heterocycles. The van der Waals surface area contributed by atoms with Crippen LogP contribution in [0.3, 0.4) is 0 Å². The van der Waals surface area contributed by atoms with Gasteiger partial charge >= 0.3 is 5.97 Å². The summed E-state index contributed by atoms with van der Waals surface area (Å²) in [6.07, 6.45) is 0. The summed E-state index contributed by atoms with van der Waals surface area (Å²) >= 11 is 0. The fourth-order valence-corrected chi connectivity index (χ4v) is 1.68. The molecular formula is C13H15N2O2+. The minimum atomic E-state index is -0.918.